The number of amides is 2. The van der Waals surface area contributed by atoms with Gasteiger partial charge in [0.05, 0.1) is 17.3 Å². The summed E-state index contributed by atoms with van der Waals surface area (Å²) in [6, 6.07) is 11.8. The van der Waals surface area contributed by atoms with Crippen molar-refractivity contribution in [3.63, 3.8) is 0 Å². The fourth-order valence-corrected chi connectivity index (χ4v) is 2.28. The van der Waals surface area contributed by atoms with E-state index in [1.54, 1.807) is 56.6 Å². The molecule has 0 unspecified atom stereocenters. The fourth-order valence-electron chi connectivity index (χ4n) is 1.94. The number of ether oxygens (including phenoxy) is 1. The first-order chi connectivity index (χ1) is 12.3. The van der Waals surface area contributed by atoms with E-state index >= 15 is 0 Å². The van der Waals surface area contributed by atoms with Gasteiger partial charge in [0, 0.05) is 30.9 Å². The Morgan fingerprint density at radius 1 is 1.12 bits per heavy atom. The second kappa shape index (κ2) is 9.31. The highest BCUT2D eigenvalue weighted by atomic mass is 35.5. The Kier molecular flexibility index (Phi) is 7.12. The third-order valence-electron chi connectivity index (χ3n) is 3.35. The summed E-state index contributed by atoms with van der Waals surface area (Å²) in [4.78, 5) is 25.1. The first-order valence-corrected chi connectivity index (χ1v) is 8.52. The van der Waals surface area contributed by atoms with Crippen molar-refractivity contribution in [1.82, 2.24) is 4.90 Å². The normalized spacial score (nSPS) is 10.2. The van der Waals surface area contributed by atoms with Crippen molar-refractivity contribution in [2.45, 2.75) is 0 Å². The van der Waals surface area contributed by atoms with Gasteiger partial charge in [-0.05, 0) is 30.3 Å². The van der Waals surface area contributed by atoms with Gasteiger partial charge in [-0.1, -0.05) is 29.3 Å². The lowest BCUT2D eigenvalue weighted by Crippen LogP contribution is -2.27. The van der Waals surface area contributed by atoms with Gasteiger partial charge < -0.3 is 20.3 Å². The highest BCUT2D eigenvalue weighted by Crippen LogP contribution is 2.25. The lowest BCUT2D eigenvalue weighted by molar-refractivity contribution is -0.130. The van der Waals surface area contributed by atoms with E-state index in [0.717, 1.165) is 0 Å². The van der Waals surface area contributed by atoms with Gasteiger partial charge in [0.25, 0.3) is 5.91 Å². The third-order valence-corrected chi connectivity index (χ3v) is 3.92. The molecule has 0 fully saturated rings. The summed E-state index contributed by atoms with van der Waals surface area (Å²) in [5.41, 5.74) is 1.14. The molecule has 8 heteroatoms. The first kappa shape index (κ1) is 19.9. The largest absolute Gasteiger partial charge is 0.484 e. The molecule has 0 saturated carbocycles. The summed E-state index contributed by atoms with van der Waals surface area (Å²) >= 11 is 11.9. The predicted molar refractivity (Wildman–Crippen MR) is 104 cm³/mol. The van der Waals surface area contributed by atoms with Crippen LogP contribution in [0, 0.1) is 0 Å². The molecule has 2 amide bonds. The smallest absolute Gasteiger partial charge is 0.259 e. The molecule has 0 radical (unpaired) electrons. The van der Waals surface area contributed by atoms with Gasteiger partial charge in [-0.15, -0.1) is 0 Å². The van der Waals surface area contributed by atoms with Crippen molar-refractivity contribution in [2.75, 3.05) is 37.9 Å². The van der Waals surface area contributed by atoms with E-state index in [-0.39, 0.29) is 25.0 Å². The molecule has 2 aromatic carbocycles. The van der Waals surface area contributed by atoms with Crippen molar-refractivity contribution in [3.05, 3.63) is 52.5 Å². The van der Waals surface area contributed by atoms with Crippen LogP contribution in [0.1, 0.15) is 0 Å². The Morgan fingerprint density at radius 3 is 2.62 bits per heavy atom. The van der Waals surface area contributed by atoms with Crippen LogP contribution in [0.2, 0.25) is 10.0 Å². The summed E-state index contributed by atoms with van der Waals surface area (Å²) in [5, 5.41) is 6.56. The standard InChI is InChI=1S/C18H19Cl2N3O3/c1-23(2)18(25)11-26-14-5-3-4-13(9-14)21-10-17(24)22-16-8-12(19)6-7-15(16)20/h3-9,21H,10-11H2,1-2H3,(H,22,24). The Morgan fingerprint density at radius 2 is 1.88 bits per heavy atom. The molecule has 26 heavy (non-hydrogen) atoms. The van der Waals surface area contributed by atoms with Crippen molar-refractivity contribution >= 4 is 46.4 Å². The average molecular weight is 396 g/mol. The van der Waals surface area contributed by atoms with Crippen LogP contribution in [0.3, 0.4) is 0 Å². The van der Waals surface area contributed by atoms with Crippen LogP contribution in [-0.4, -0.2) is 44.0 Å². The summed E-state index contributed by atoms with van der Waals surface area (Å²) in [7, 11) is 3.32. The summed E-state index contributed by atoms with van der Waals surface area (Å²) in [6.45, 7) is -0.0207. The molecule has 0 saturated heterocycles. The lowest BCUT2D eigenvalue weighted by Gasteiger charge is -2.13. The molecule has 138 valence electrons. The Balaban J connectivity index is 1.88. The summed E-state index contributed by atoms with van der Waals surface area (Å²) in [5.74, 6) is 0.118. The molecule has 2 aromatic rings. The maximum absolute atomic E-state index is 12.1. The average Bonchev–Trinajstić information content (AvgIpc) is 2.61. The number of halogens is 2. The number of hydrogen-bond donors (Lipinski definition) is 2. The maximum Gasteiger partial charge on any atom is 0.259 e. The van der Waals surface area contributed by atoms with Crippen LogP contribution in [0.4, 0.5) is 11.4 Å². The molecule has 0 aromatic heterocycles. The zero-order valence-electron chi connectivity index (χ0n) is 14.4. The van der Waals surface area contributed by atoms with E-state index in [2.05, 4.69) is 10.6 Å². The van der Waals surface area contributed by atoms with Crippen LogP contribution >= 0.6 is 23.2 Å². The molecule has 0 spiro atoms. The van der Waals surface area contributed by atoms with Crippen LogP contribution in [0.25, 0.3) is 0 Å². The second-order valence-corrected chi connectivity index (χ2v) is 6.47. The van der Waals surface area contributed by atoms with Crippen LogP contribution in [-0.2, 0) is 9.59 Å². The molecule has 0 heterocycles. The summed E-state index contributed by atoms with van der Waals surface area (Å²) < 4.78 is 5.44. The number of rotatable bonds is 7. The van der Waals surface area contributed by atoms with Crippen molar-refractivity contribution < 1.29 is 14.3 Å². The lowest BCUT2D eigenvalue weighted by atomic mass is 10.3. The molecular formula is C18H19Cl2N3O3. The minimum atomic E-state index is -0.275. The molecular weight excluding hydrogens is 377 g/mol. The minimum Gasteiger partial charge on any atom is -0.484 e. The predicted octanol–water partition coefficient (Wildman–Crippen LogP) is 3.51. The number of carbonyl (C=O) groups excluding carboxylic acids is 2. The maximum atomic E-state index is 12.1. The molecule has 2 N–H and O–H groups in total. The van der Waals surface area contributed by atoms with Crippen LogP contribution in [0.15, 0.2) is 42.5 Å². The summed E-state index contributed by atoms with van der Waals surface area (Å²) in [6.07, 6.45) is 0. The number of nitrogens with zero attached hydrogens (tertiary/aromatic N) is 1. The van der Waals surface area contributed by atoms with E-state index in [4.69, 9.17) is 27.9 Å². The van der Waals surface area contributed by atoms with E-state index in [0.29, 0.717) is 27.2 Å². The Labute approximate surface area is 162 Å². The molecule has 0 aliphatic rings. The quantitative estimate of drug-likeness (QED) is 0.752. The third kappa shape index (κ3) is 6.13. The number of likely N-dealkylation sites (N-methyl/N-ethyl adjacent to an activating group) is 1. The highest BCUT2D eigenvalue weighted by molar-refractivity contribution is 6.35. The molecule has 0 atom stereocenters. The van der Waals surface area contributed by atoms with Gasteiger partial charge in [0.2, 0.25) is 5.91 Å². The zero-order chi connectivity index (χ0) is 19.1. The van der Waals surface area contributed by atoms with Crippen LogP contribution < -0.4 is 15.4 Å². The number of anilines is 2. The fraction of sp³-hybridized carbons (Fsp3) is 0.222. The van der Waals surface area contributed by atoms with Gasteiger partial charge in [0.1, 0.15) is 5.75 Å². The van der Waals surface area contributed by atoms with Crippen molar-refractivity contribution in [1.29, 1.82) is 0 Å². The monoisotopic (exact) mass is 395 g/mol. The van der Waals surface area contributed by atoms with Crippen molar-refractivity contribution in [3.8, 4) is 5.75 Å². The molecule has 0 bridgehead atoms. The van der Waals surface area contributed by atoms with Gasteiger partial charge in [0.15, 0.2) is 6.61 Å². The van der Waals surface area contributed by atoms with E-state index in [9.17, 15) is 9.59 Å². The van der Waals surface area contributed by atoms with E-state index in [1.165, 1.54) is 4.90 Å². The minimum absolute atomic E-state index is 0.0307. The van der Waals surface area contributed by atoms with Gasteiger partial charge in [-0.25, -0.2) is 0 Å². The van der Waals surface area contributed by atoms with Gasteiger partial charge >= 0.3 is 0 Å². The molecule has 6 nitrogen and oxygen atoms in total. The molecule has 0 aliphatic heterocycles. The highest BCUT2D eigenvalue weighted by Gasteiger charge is 2.08. The Hall–Kier alpha value is -2.44. The topological polar surface area (TPSA) is 70.7 Å². The van der Waals surface area contributed by atoms with Gasteiger partial charge in [-0.3, -0.25) is 9.59 Å². The zero-order valence-corrected chi connectivity index (χ0v) is 15.9. The van der Waals surface area contributed by atoms with E-state index in [1.807, 2.05) is 0 Å². The Bertz CT molecular complexity index is 797. The van der Waals surface area contributed by atoms with Gasteiger partial charge in [-0.2, -0.15) is 0 Å². The van der Waals surface area contributed by atoms with E-state index < -0.39 is 0 Å². The number of carbonyl (C=O) groups is 2. The first-order valence-electron chi connectivity index (χ1n) is 7.77. The second-order valence-electron chi connectivity index (χ2n) is 5.63. The van der Waals surface area contributed by atoms with Crippen LogP contribution in [0.5, 0.6) is 5.75 Å². The van der Waals surface area contributed by atoms with Crippen molar-refractivity contribution in [2.24, 2.45) is 0 Å². The molecule has 0 aliphatic carbocycles. The number of hydrogen-bond acceptors (Lipinski definition) is 4. The molecule has 2 rings (SSSR count). The SMILES string of the molecule is CN(C)C(=O)COc1cccc(NCC(=O)Nc2cc(Cl)ccc2Cl)c1. The number of nitrogens with one attached hydrogen (secondary N) is 2. The number of benzene rings is 2.